The van der Waals surface area contributed by atoms with Gasteiger partial charge in [-0.15, -0.1) is 0 Å². The van der Waals surface area contributed by atoms with Crippen molar-refractivity contribution in [2.45, 2.75) is 12.0 Å². The minimum atomic E-state index is -1.89. The zero-order chi connectivity index (χ0) is 25.1. The zero-order valence-electron chi connectivity index (χ0n) is 19.4. The van der Waals surface area contributed by atoms with Gasteiger partial charge in [0, 0.05) is 22.7 Å². The average Bonchev–Trinajstić information content (AvgIpc) is 3.19. The van der Waals surface area contributed by atoms with Crippen molar-refractivity contribution in [1.82, 2.24) is 5.32 Å². The molecule has 36 heavy (non-hydrogen) atoms. The molecule has 2 amide bonds. The van der Waals surface area contributed by atoms with Crippen LogP contribution in [0.25, 0.3) is 0 Å². The molecule has 0 radical (unpaired) electrons. The lowest BCUT2D eigenvalue weighted by atomic mass is 9.83. The first-order chi connectivity index (χ1) is 17.5. The molecule has 6 heteroatoms. The number of carbonyl (C=O) groups is 3. The monoisotopic (exact) mass is 494 g/mol. The van der Waals surface area contributed by atoms with Gasteiger partial charge in [0.2, 0.25) is 11.3 Å². The molecule has 1 aliphatic rings. The second kappa shape index (κ2) is 9.80. The molecule has 1 atom stereocenters. The van der Waals surface area contributed by atoms with Gasteiger partial charge in [0.25, 0.3) is 11.8 Å². The van der Waals surface area contributed by atoms with Gasteiger partial charge in [0.05, 0.1) is 5.69 Å². The molecule has 5 rings (SSSR count). The molecule has 0 bridgehead atoms. The standard InChI is InChI=1S/C30H23ClN2O3/c31-24-17-15-22(16-18-24)28(35)33-26-14-8-7-13-25(26)27(34)30(33,23-11-5-2-6-12-23)29(36)32-20-19-21-9-3-1-4-10-21/h1-18H,19-20H2,(H,32,36). The molecule has 0 aliphatic carbocycles. The van der Waals surface area contributed by atoms with E-state index in [1.165, 1.54) is 4.90 Å². The van der Waals surface area contributed by atoms with Crippen LogP contribution >= 0.6 is 11.6 Å². The third-order valence-electron chi connectivity index (χ3n) is 6.41. The van der Waals surface area contributed by atoms with E-state index in [4.69, 9.17) is 11.6 Å². The summed E-state index contributed by atoms with van der Waals surface area (Å²) < 4.78 is 0. The minimum Gasteiger partial charge on any atom is -0.353 e. The predicted molar refractivity (Wildman–Crippen MR) is 140 cm³/mol. The first-order valence-corrected chi connectivity index (χ1v) is 12.0. The van der Waals surface area contributed by atoms with Crippen LogP contribution in [0.3, 0.4) is 0 Å². The number of para-hydroxylation sites is 1. The summed E-state index contributed by atoms with van der Waals surface area (Å²) in [5.74, 6) is -1.45. The number of carbonyl (C=O) groups excluding carboxylic acids is 3. The Balaban J connectivity index is 1.62. The highest BCUT2D eigenvalue weighted by Gasteiger charge is 2.60. The number of amides is 2. The Morgan fingerprint density at radius 2 is 1.39 bits per heavy atom. The number of benzene rings is 4. The molecule has 1 aliphatic heterocycles. The maximum absolute atomic E-state index is 14.1. The van der Waals surface area contributed by atoms with Crippen LogP contribution in [0, 0.1) is 0 Å². The number of nitrogens with one attached hydrogen (secondary N) is 1. The Labute approximate surface area is 214 Å². The summed E-state index contributed by atoms with van der Waals surface area (Å²) in [6.07, 6.45) is 0.587. The van der Waals surface area contributed by atoms with Crippen molar-refractivity contribution in [2.75, 3.05) is 11.4 Å². The molecule has 1 N–H and O–H groups in total. The van der Waals surface area contributed by atoms with Crippen LogP contribution in [0.4, 0.5) is 5.69 Å². The summed E-state index contributed by atoms with van der Waals surface area (Å²) in [6, 6.07) is 31.8. The maximum Gasteiger partial charge on any atom is 0.259 e. The normalized spacial score (nSPS) is 16.5. The zero-order valence-corrected chi connectivity index (χ0v) is 20.1. The summed E-state index contributed by atoms with van der Waals surface area (Å²) in [4.78, 5) is 43.5. The van der Waals surface area contributed by atoms with Crippen molar-refractivity contribution in [3.63, 3.8) is 0 Å². The van der Waals surface area contributed by atoms with Gasteiger partial charge in [-0.3, -0.25) is 19.3 Å². The van der Waals surface area contributed by atoms with E-state index in [0.29, 0.717) is 40.4 Å². The van der Waals surface area contributed by atoms with E-state index in [-0.39, 0.29) is 0 Å². The number of hydrogen-bond acceptors (Lipinski definition) is 3. The van der Waals surface area contributed by atoms with Gasteiger partial charge in [-0.25, -0.2) is 0 Å². The lowest BCUT2D eigenvalue weighted by molar-refractivity contribution is -0.124. The van der Waals surface area contributed by atoms with Crippen LogP contribution in [0.2, 0.25) is 5.02 Å². The van der Waals surface area contributed by atoms with Crippen molar-refractivity contribution in [2.24, 2.45) is 0 Å². The van der Waals surface area contributed by atoms with Crippen molar-refractivity contribution < 1.29 is 14.4 Å². The smallest absolute Gasteiger partial charge is 0.259 e. The number of ketones is 1. The average molecular weight is 495 g/mol. The van der Waals surface area contributed by atoms with Crippen LogP contribution in [0.15, 0.2) is 109 Å². The fourth-order valence-electron chi connectivity index (χ4n) is 4.69. The summed E-state index contributed by atoms with van der Waals surface area (Å²) >= 11 is 6.05. The minimum absolute atomic E-state index is 0.310. The Hall–Kier alpha value is -4.22. The molecule has 4 aromatic carbocycles. The predicted octanol–water partition coefficient (Wildman–Crippen LogP) is 5.44. The highest BCUT2D eigenvalue weighted by atomic mass is 35.5. The molecule has 4 aromatic rings. The van der Waals surface area contributed by atoms with Gasteiger partial charge in [-0.1, -0.05) is 84.4 Å². The van der Waals surface area contributed by atoms with Crippen LogP contribution < -0.4 is 10.2 Å². The Bertz CT molecular complexity index is 1420. The van der Waals surface area contributed by atoms with Crippen molar-refractivity contribution in [1.29, 1.82) is 0 Å². The van der Waals surface area contributed by atoms with E-state index < -0.39 is 23.1 Å². The van der Waals surface area contributed by atoms with Crippen LogP contribution in [-0.2, 0) is 16.8 Å². The third kappa shape index (κ3) is 3.97. The largest absolute Gasteiger partial charge is 0.353 e. The maximum atomic E-state index is 14.1. The second-order valence-corrected chi connectivity index (χ2v) is 9.00. The molecule has 0 fully saturated rings. The molecule has 178 valence electrons. The van der Waals surface area contributed by atoms with Gasteiger partial charge < -0.3 is 5.32 Å². The van der Waals surface area contributed by atoms with E-state index in [1.807, 2.05) is 36.4 Å². The highest BCUT2D eigenvalue weighted by molar-refractivity contribution is 6.33. The summed E-state index contributed by atoms with van der Waals surface area (Å²) in [5, 5.41) is 3.43. The lowest BCUT2D eigenvalue weighted by Gasteiger charge is -2.36. The van der Waals surface area contributed by atoms with Gasteiger partial charge in [0.15, 0.2) is 0 Å². The van der Waals surface area contributed by atoms with Gasteiger partial charge in [-0.2, -0.15) is 0 Å². The first-order valence-electron chi connectivity index (χ1n) is 11.6. The number of halogens is 1. The van der Waals surface area contributed by atoms with Crippen LogP contribution in [0.5, 0.6) is 0 Å². The molecular formula is C30H23ClN2O3. The van der Waals surface area contributed by atoms with E-state index in [1.54, 1.807) is 72.8 Å². The van der Waals surface area contributed by atoms with Crippen molar-refractivity contribution in [3.05, 3.63) is 136 Å². The SMILES string of the molecule is O=C(c1ccc(Cl)cc1)N1c2ccccc2C(=O)C1(C(=O)NCCc1ccccc1)c1ccccc1. The van der Waals surface area contributed by atoms with E-state index in [9.17, 15) is 14.4 Å². The Morgan fingerprint density at radius 1 is 0.778 bits per heavy atom. The quantitative estimate of drug-likeness (QED) is 0.363. The topological polar surface area (TPSA) is 66.5 Å². The third-order valence-corrected chi connectivity index (χ3v) is 6.66. The van der Waals surface area contributed by atoms with Gasteiger partial charge >= 0.3 is 0 Å². The number of fused-ring (bicyclic) bond motifs is 1. The Morgan fingerprint density at radius 3 is 2.08 bits per heavy atom. The van der Waals surface area contributed by atoms with Gasteiger partial charge in [-0.05, 0) is 53.9 Å². The fraction of sp³-hybridized carbons (Fsp3) is 0.100. The Kier molecular flexibility index (Phi) is 6.40. The van der Waals surface area contributed by atoms with E-state index in [2.05, 4.69) is 5.32 Å². The summed E-state index contributed by atoms with van der Waals surface area (Å²) in [6.45, 7) is 0.310. The summed E-state index contributed by atoms with van der Waals surface area (Å²) in [7, 11) is 0. The molecule has 5 nitrogen and oxygen atoms in total. The number of rotatable bonds is 6. The highest BCUT2D eigenvalue weighted by Crippen LogP contribution is 2.46. The van der Waals surface area contributed by atoms with E-state index in [0.717, 1.165) is 5.56 Å². The van der Waals surface area contributed by atoms with E-state index >= 15 is 0 Å². The molecule has 0 saturated heterocycles. The number of hydrogen-bond donors (Lipinski definition) is 1. The van der Waals surface area contributed by atoms with Crippen LogP contribution in [0.1, 0.15) is 31.8 Å². The van der Waals surface area contributed by atoms with Crippen molar-refractivity contribution >= 4 is 34.9 Å². The first kappa shape index (κ1) is 23.5. The number of Topliss-reactive ketones (excluding diaryl/α,β-unsaturated/α-hetero) is 1. The summed E-state index contributed by atoms with van der Waals surface area (Å²) in [5.41, 5.74) is 0.623. The fourth-order valence-corrected chi connectivity index (χ4v) is 4.82. The van der Waals surface area contributed by atoms with Gasteiger partial charge in [0.1, 0.15) is 0 Å². The van der Waals surface area contributed by atoms with Crippen LogP contribution in [-0.4, -0.2) is 24.1 Å². The number of nitrogens with zero attached hydrogens (tertiary/aromatic N) is 1. The molecule has 0 spiro atoms. The molecular weight excluding hydrogens is 472 g/mol. The van der Waals surface area contributed by atoms with Crippen molar-refractivity contribution in [3.8, 4) is 0 Å². The number of anilines is 1. The lowest BCUT2D eigenvalue weighted by Crippen LogP contribution is -2.60. The molecule has 0 aromatic heterocycles. The second-order valence-electron chi connectivity index (χ2n) is 8.56. The molecule has 1 heterocycles. The molecule has 1 unspecified atom stereocenters. The molecule has 0 saturated carbocycles.